The molecule has 0 radical (unpaired) electrons. The molecule has 0 bridgehead atoms. The minimum atomic E-state index is -0.118. The third-order valence-electron chi connectivity index (χ3n) is 4.95. The van der Waals surface area contributed by atoms with E-state index >= 15 is 0 Å². The number of urea groups is 1. The van der Waals surface area contributed by atoms with E-state index in [4.69, 9.17) is 4.74 Å². The normalized spacial score (nSPS) is 15.2. The number of carbonyl (C=O) groups excluding carboxylic acids is 2. The largest absolute Gasteiger partial charge is 0.493 e. The number of para-hydroxylation sites is 2. The molecule has 6 heteroatoms. The van der Waals surface area contributed by atoms with Crippen molar-refractivity contribution in [2.24, 2.45) is 0 Å². The number of fused-ring (bicyclic) bond motifs is 1. The number of nitrogens with zero attached hydrogens (tertiary/aromatic N) is 1. The van der Waals surface area contributed by atoms with Gasteiger partial charge in [0.2, 0.25) is 5.91 Å². The molecule has 2 aliphatic heterocycles. The lowest BCUT2D eigenvalue weighted by Crippen LogP contribution is -2.32. The topological polar surface area (TPSA) is 70.7 Å². The molecule has 0 aliphatic carbocycles. The molecule has 2 aliphatic rings. The van der Waals surface area contributed by atoms with Gasteiger partial charge < -0.3 is 20.3 Å². The summed E-state index contributed by atoms with van der Waals surface area (Å²) in [6.07, 6.45) is 3.24. The highest BCUT2D eigenvalue weighted by molar-refractivity contribution is 5.99. The van der Waals surface area contributed by atoms with E-state index in [1.165, 1.54) is 0 Å². The minimum absolute atomic E-state index is 0.114. The van der Waals surface area contributed by atoms with E-state index in [1.807, 2.05) is 30.3 Å². The van der Waals surface area contributed by atoms with Gasteiger partial charge in [0, 0.05) is 19.5 Å². The Hall–Kier alpha value is -3.02. The average Bonchev–Trinajstić information content (AvgIpc) is 3.34. The zero-order valence-electron chi connectivity index (χ0n) is 15.2. The second-order valence-electron chi connectivity index (χ2n) is 6.94. The summed E-state index contributed by atoms with van der Waals surface area (Å²) in [5.74, 6) is 0.797. The molecule has 0 saturated carbocycles. The smallest absolute Gasteiger partial charge is 0.321 e. The molecule has 0 atom stereocenters. The Labute approximate surface area is 158 Å². The van der Waals surface area contributed by atoms with Crippen LogP contribution in [0.2, 0.25) is 0 Å². The van der Waals surface area contributed by atoms with Gasteiger partial charge in [0.25, 0.3) is 0 Å². The van der Waals surface area contributed by atoms with Crippen LogP contribution >= 0.6 is 0 Å². The van der Waals surface area contributed by atoms with E-state index < -0.39 is 0 Å². The highest BCUT2D eigenvalue weighted by Gasteiger charge is 2.19. The fourth-order valence-corrected chi connectivity index (χ4v) is 3.55. The molecule has 0 aromatic heterocycles. The van der Waals surface area contributed by atoms with Crippen molar-refractivity contribution in [1.29, 1.82) is 0 Å². The van der Waals surface area contributed by atoms with Gasteiger partial charge in [-0.25, -0.2) is 4.79 Å². The maximum Gasteiger partial charge on any atom is 0.321 e. The lowest BCUT2D eigenvalue weighted by atomic mass is 10.1. The second-order valence-corrected chi connectivity index (χ2v) is 6.94. The number of benzene rings is 2. The molecule has 1 fully saturated rings. The van der Waals surface area contributed by atoms with Crippen LogP contribution in [0, 0.1) is 0 Å². The third kappa shape index (κ3) is 4.05. The van der Waals surface area contributed by atoms with Gasteiger partial charge in [-0.1, -0.05) is 24.3 Å². The molecule has 6 nitrogen and oxygen atoms in total. The van der Waals surface area contributed by atoms with Crippen molar-refractivity contribution < 1.29 is 14.3 Å². The van der Waals surface area contributed by atoms with Crippen LogP contribution in [0.15, 0.2) is 42.5 Å². The quantitative estimate of drug-likeness (QED) is 0.872. The van der Waals surface area contributed by atoms with Crippen LogP contribution in [0.1, 0.15) is 24.0 Å². The number of anilines is 2. The molecule has 2 aromatic carbocycles. The first-order chi connectivity index (χ1) is 13.2. The summed E-state index contributed by atoms with van der Waals surface area (Å²) in [5.41, 5.74) is 3.33. The number of amides is 3. The van der Waals surface area contributed by atoms with Gasteiger partial charge in [0.05, 0.1) is 24.4 Å². The Morgan fingerprint density at radius 2 is 1.74 bits per heavy atom. The second kappa shape index (κ2) is 7.70. The molecular weight excluding hydrogens is 342 g/mol. The molecule has 1 saturated heterocycles. The predicted octanol–water partition coefficient (Wildman–Crippen LogP) is 3.43. The lowest BCUT2D eigenvalue weighted by Gasteiger charge is -2.18. The number of hydrogen-bond acceptors (Lipinski definition) is 3. The van der Waals surface area contributed by atoms with Crippen LogP contribution in [0.4, 0.5) is 16.2 Å². The van der Waals surface area contributed by atoms with Crippen molar-refractivity contribution in [2.75, 3.05) is 30.3 Å². The Balaban J connectivity index is 1.41. The number of hydrogen-bond donors (Lipinski definition) is 2. The number of ether oxygens (including phenoxy) is 1. The highest BCUT2D eigenvalue weighted by atomic mass is 16.5. The van der Waals surface area contributed by atoms with Crippen LogP contribution in [-0.2, 0) is 17.6 Å². The van der Waals surface area contributed by atoms with Gasteiger partial charge in [0.1, 0.15) is 5.75 Å². The fourth-order valence-electron chi connectivity index (χ4n) is 3.55. The molecule has 2 heterocycles. The van der Waals surface area contributed by atoms with Crippen molar-refractivity contribution in [3.8, 4) is 5.75 Å². The van der Waals surface area contributed by atoms with Crippen molar-refractivity contribution in [1.82, 2.24) is 4.90 Å². The lowest BCUT2D eigenvalue weighted by molar-refractivity contribution is -0.115. The van der Waals surface area contributed by atoms with Crippen LogP contribution in [0.5, 0.6) is 5.75 Å². The first-order valence-corrected chi connectivity index (χ1v) is 9.38. The molecule has 2 N–H and O–H groups in total. The Morgan fingerprint density at radius 3 is 2.52 bits per heavy atom. The average molecular weight is 365 g/mol. The van der Waals surface area contributed by atoms with Crippen molar-refractivity contribution in [2.45, 2.75) is 25.7 Å². The number of likely N-dealkylation sites (tertiary alicyclic amines) is 1. The monoisotopic (exact) mass is 365 g/mol. The number of rotatable bonds is 4. The maximum absolute atomic E-state index is 12.5. The molecule has 0 unspecified atom stereocenters. The summed E-state index contributed by atoms with van der Waals surface area (Å²) in [4.78, 5) is 26.7. The van der Waals surface area contributed by atoms with Gasteiger partial charge in [-0.15, -0.1) is 0 Å². The van der Waals surface area contributed by atoms with Crippen molar-refractivity contribution in [3.05, 3.63) is 53.6 Å². The van der Waals surface area contributed by atoms with E-state index in [-0.39, 0.29) is 18.4 Å². The standard InChI is InChI=1S/C21H23N3O3/c25-20(14-15-7-8-19-16(13-15)9-12-27-19)22-17-5-1-2-6-18(17)23-21(26)24-10-3-4-11-24/h1-2,5-8,13H,3-4,9-12,14H2,(H,22,25)(H,23,26). The van der Waals surface area contributed by atoms with Crippen molar-refractivity contribution in [3.63, 3.8) is 0 Å². The Kier molecular flexibility index (Phi) is 4.96. The number of nitrogens with one attached hydrogen (secondary N) is 2. The highest BCUT2D eigenvalue weighted by Crippen LogP contribution is 2.27. The summed E-state index contributed by atoms with van der Waals surface area (Å²) >= 11 is 0. The molecule has 27 heavy (non-hydrogen) atoms. The molecule has 0 spiro atoms. The van der Waals surface area contributed by atoms with Crippen LogP contribution in [0.25, 0.3) is 0 Å². The van der Waals surface area contributed by atoms with E-state index in [0.717, 1.165) is 49.2 Å². The summed E-state index contributed by atoms with van der Waals surface area (Å²) in [6, 6.07) is 13.0. The molecular formula is C21H23N3O3. The van der Waals surface area contributed by atoms with E-state index in [1.54, 1.807) is 17.0 Å². The summed E-state index contributed by atoms with van der Waals surface area (Å²) in [7, 11) is 0. The predicted molar refractivity (Wildman–Crippen MR) is 104 cm³/mol. The van der Waals surface area contributed by atoms with Gasteiger partial charge in [0.15, 0.2) is 0 Å². The van der Waals surface area contributed by atoms with E-state index in [0.29, 0.717) is 18.0 Å². The maximum atomic E-state index is 12.5. The fraction of sp³-hybridized carbons (Fsp3) is 0.333. The Morgan fingerprint density at radius 1 is 1.00 bits per heavy atom. The van der Waals surface area contributed by atoms with E-state index in [2.05, 4.69) is 10.6 Å². The Bertz CT molecular complexity index is 860. The first-order valence-electron chi connectivity index (χ1n) is 9.38. The SMILES string of the molecule is O=C(Cc1ccc2c(c1)CCO2)Nc1ccccc1NC(=O)N1CCCC1. The van der Waals surface area contributed by atoms with Crippen LogP contribution in [-0.4, -0.2) is 36.5 Å². The molecule has 140 valence electrons. The summed E-state index contributed by atoms with van der Waals surface area (Å²) in [5, 5.41) is 5.83. The zero-order valence-corrected chi connectivity index (χ0v) is 15.2. The van der Waals surface area contributed by atoms with Crippen molar-refractivity contribution >= 4 is 23.3 Å². The zero-order chi connectivity index (χ0) is 18.6. The van der Waals surface area contributed by atoms with E-state index in [9.17, 15) is 9.59 Å². The summed E-state index contributed by atoms with van der Waals surface area (Å²) < 4.78 is 5.50. The first kappa shape index (κ1) is 17.4. The van der Waals surface area contributed by atoms with Gasteiger partial charge in [-0.2, -0.15) is 0 Å². The molecule has 2 aromatic rings. The third-order valence-corrected chi connectivity index (χ3v) is 4.95. The van der Waals surface area contributed by atoms with Crippen LogP contribution < -0.4 is 15.4 Å². The summed E-state index contributed by atoms with van der Waals surface area (Å²) in [6.45, 7) is 2.26. The number of carbonyl (C=O) groups is 2. The molecule has 3 amide bonds. The van der Waals surface area contributed by atoms with Gasteiger partial charge >= 0.3 is 6.03 Å². The van der Waals surface area contributed by atoms with Gasteiger partial charge in [-0.3, -0.25) is 4.79 Å². The molecule has 4 rings (SSSR count). The van der Waals surface area contributed by atoms with Gasteiger partial charge in [-0.05, 0) is 42.2 Å². The minimum Gasteiger partial charge on any atom is -0.493 e. The van der Waals surface area contributed by atoms with Crippen LogP contribution in [0.3, 0.4) is 0 Å².